The van der Waals surface area contributed by atoms with Crippen LogP contribution < -0.4 is 0 Å². The maximum Gasteiger partial charge on any atom is 0.191 e. The first-order valence-corrected chi connectivity index (χ1v) is 14.7. The Balaban J connectivity index is 1.14. The lowest BCUT2D eigenvalue weighted by atomic mass is 9.73. The highest BCUT2D eigenvalue weighted by Gasteiger charge is 2.56. The maximum atomic E-state index is 14.6. The number of fused-ring (bicyclic) bond motifs is 3. The highest BCUT2D eigenvalue weighted by molar-refractivity contribution is 7.18. The molecule has 2 bridgehead atoms. The lowest BCUT2D eigenvalue weighted by Crippen LogP contribution is -2.44. The van der Waals surface area contributed by atoms with Crippen molar-refractivity contribution in [2.45, 2.75) is 62.8 Å². The van der Waals surface area contributed by atoms with Crippen LogP contribution in [0.15, 0.2) is 34.9 Å². The minimum atomic E-state index is -1.12. The summed E-state index contributed by atoms with van der Waals surface area (Å²) in [7, 11) is 0. The molecule has 4 aromatic rings. The fourth-order valence-corrected chi connectivity index (χ4v) is 8.29. The molecule has 2 aromatic carbocycles. The predicted octanol–water partition coefficient (Wildman–Crippen LogP) is 8.42. The van der Waals surface area contributed by atoms with Gasteiger partial charge in [0.2, 0.25) is 0 Å². The number of thiazole rings is 1. The van der Waals surface area contributed by atoms with Gasteiger partial charge in [-0.15, -0.1) is 11.3 Å². The molecule has 0 spiro atoms. The molecule has 6 nitrogen and oxygen atoms in total. The predicted molar refractivity (Wildman–Crippen MR) is 148 cm³/mol. The Morgan fingerprint density at radius 1 is 1.15 bits per heavy atom. The highest BCUT2D eigenvalue weighted by atomic mass is 35.5. The number of halogens is 3. The van der Waals surface area contributed by atoms with Crippen molar-refractivity contribution in [2.24, 2.45) is 11.8 Å². The van der Waals surface area contributed by atoms with Gasteiger partial charge >= 0.3 is 0 Å². The van der Waals surface area contributed by atoms with Crippen LogP contribution in [0.4, 0.5) is 10.1 Å². The van der Waals surface area contributed by atoms with E-state index in [4.69, 9.17) is 39.0 Å². The summed E-state index contributed by atoms with van der Waals surface area (Å²) in [6, 6.07) is 8.22. The minimum Gasteiger partial charge on any atom is -0.382 e. The second-order valence-electron chi connectivity index (χ2n) is 10.9. The summed E-state index contributed by atoms with van der Waals surface area (Å²) >= 11 is 14.3. The first kappa shape index (κ1) is 25.4. The molecular formula is C29H24Cl2FN3O3S. The first-order chi connectivity index (χ1) is 18.9. The van der Waals surface area contributed by atoms with Crippen molar-refractivity contribution in [3.05, 3.63) is 73.9 Å². The number of hydrogen-bond acceptors (Lipinski definition) is 6. The lowest BCUT2D eigenvalue weighted by Gasteiger charge is -2.41. The minimum absolute atomic E-state index is 0.0481. The van der Waals surface area contributed by atoms with Gasteiger partial charge in [0.25, 0.3) is 0 Å². The standard InChI is InChI=1S/C29H24Cl2FN3O3S/c1-33-17-11-22(32)26-23(12-17)39-28(34-26)29(36)15-7-8-16(29)10-18(9-15)37-13-19-25(35-38-27(19)14-5-6-14)24-20(30)3-2-4-21(24)31/h2-4,11-12,14-16,18,36H,5-10,13H2/t15-,16+,18?,29?. The van der Waals surface area contributed by atoms with Gasteiger partial charge in [0.15, 0.2) is 5.69 Å². The average molecular weight is 585 g/mol. The summed E-state index contributed by atoms with van der Waals surface area (Å²) in [5, 5.41) is 17.9. The number of nitrogens with zero attached hydrogens (tertiary/aromatic N) is 3. The van der Waals surface area contributed by atoms with Crippen molar-refractivity contribution < 1.29 is 18.8 Å². The van der Waals surface area contributed by atoms with Crippen LogP contribution >= 0.6 is 34.5 Å². The maximum absolute atomic E-state index is 14.6. The third-order valence-corrected chi connectivity index (χ3v) is 10.3. The third kappa shape index (κ3) is 4.18. The normalized spacial score (nSPS) is 26.3. The van der Waals surface area contributed by atoms with E-state index in [1.54, 1.807) is 24.3 Å². The smallest absolute Gasteiger partial charge is 0.191 e. The monoisotopic (exact) mass is 583 g/mol. The van der Waals surface area contributed by atoms with Gasteiger partial charge in [0, 0.05) is 21.7 Å². The Kier molecular flexibility index (Phi) is 6.22. The molecule has 0 amide bonds. The van der Waals surface area contributed by atoms with Crippen molar-refractivity contribution in [3.63, 3.8) is 0 Å². The van der Waals surface area contributed by atoms with Gasteiger partial charge in [-0.25, -0.2) is 14.2 Å². The number of ether oxygens (including phenoxy) is 1. The molecule has 10 heteroatoms. The second-order valence-corrected chi connectivity index (χ2v) is 12.7. The fourth-order valence-electron chi connectivity index (χ4n) is 6.45. The Bertz CT molecular complexity index is 1610. The topological polar surface area (TPSA) is 72.7 Å². The van der Waals surface area contributed by atoms with Gasteiger partial charge in [-0.2, -0.15) is 0 Å². The summed E-state index contributed by atoms with van der Waals surface area (Å²) in [5.74, 6) is 0.554. The highest BCUT2D eigenvalue weighted by Crippen LogP contribution is 2.57. The number of hydrogen-bond donors (Lipinski definition) is 1. The summed E-state index contributed by atoms with van der Waals surface area (Å²) in [6.07, 6.45) is 5.11. The molecule has 3 aliphatic rings. The van der Waals surface area contributed by atoms with E-state index < -0.39 is 11.4 Å². The average Bonchev–Trinajstić information content (AvgIpc) is 3.49. The number of aromatic nitrogens is 2. The van der Waals surface area contributed by atoms with Crippen LogP contribution in [0.3, 0.4) is 0 Å². The van der Waals surface area contributed by atoms with Gasteiger partial charge in [-0.1, -0.05) is 34.4 Å². The zero-order chi connectivity index (χ0) is 26.9. The van der Waals surface area contributed by atoms with E-state index in [1.165, 1.54) is 17.4 Å². The van der Waals surface area contributed by atoms with E-state index in [9.17, 15) is 9.50 Å². The van der Waals surface area contributed by atoms with Crippen molar-refractivity contribution in [2.75, 3.05) is 0 Å². The number of aliphatic hydroxyl groups is 1. The van der Waals surface area contributed by atoms with Gasteiger partial charge in [0.1, 0.15) is 33.4 Å². The number of benzene rings is 2. The van der Waals surface area contributed by atoms with Crippen LogP contribution in [0.1, 0.15) is 60.8 Å². The molecule has 0 saturated heterocycles. The Labute approximate surface area is 238 Å². The third-order valence-electron chi connectivity index (χ3n) is 8.54. The van der Waals surface area contributed by atoms with Gasteiger partial charge < -0.3 is 14.4 Å². The zero-order valence-electron chi connectivity index (χ0n) is 20.8. The van der Waals surface area contributed by atoms with Crippen LogP contribution in [0.2, 0.25) is 10.0 Å². The van der Waals surface area contributed by atoms with Crippen LogP contribution in [-0.2, 0) is 16.9 Å². The summed E-state index contributed by atoms with van der Waals surface area (Å²) in [4.78, 5) is 7.89. The molecule has 2 heterocycles. The molecule has 0 radical (unpaired) electrons. The molecule has 3 aliphatic carbocycles. The molecule has 7 rings (SSSR count). The van der Waals surface area contributed by atoms with Gasteiger partial charge in [-0.3, -0.25) is 0 Å². The molecule has 3 saturated carbocycles. The van der Waals surface area contributed by atoms with E-state index in [0.29, 0.717) is 56.4 Å². The van der Waals surface area contributed by atoms with Crippen molar-refractivity contribution in [1.82, 2.24) is 10.1 Å². The lowest BCUT2D eigenvalue weighted by molar-refractivity contribution is -0.116. The van der Waals surface area contributed by atoms with Crippen molar-refractivity contribution >= 4 is 50.4 Å². The zero-order valence-corrected chi connectivity index (χ0v) is 23.1. The van der Waals surface area contributed by atoms with Crippen molar-refractivity contribution in [3.8, 4) is 11.3 Å². The molecule has 4 atom stereocenters. The van der Waals surface area contributed by atoms with E-state index in [-0.39, 0.29) is 29.1 Å². The van der Waals surface area contributed by atoms with E-state index in [0.717, 1.165) is 37.0 Å². The van der Waals surface area contributed by atoms with Crippen LogP contribution in [0.5, 0.6) is 0 Å². The molecule has 2 aromatic heterocycles. The van der Waals surface area contributed by atoms with Crippen molar-refractivity contribution in [1.29, 1.82) is 0 Å². The summed E-state index contributed by atoms with van der Waals surface area (Å²) in [5.41, 5.74) is 1.49. The summed E-state index contributed by atoms with van der Waals surface area (Å²) in [6.45, 7) is 7.54. The van der Waals surface area contributed by atoms with E-state index in [1.807, 2.05) is 0 Å². The SMILES string of the molecule is [C-]#[N+]c1cc(F)c2nc(C3(O)[C@@H]4CC[C@H]3CC(OCc3c(-c5c(Cl)cccc5Cl)noc3C3CC3)C4)sc2c1. The molecular weight excluding hydrogens is 560 g/mol. The Morgan fingerprint density at radius 3 is 2.54 bits per heavy atom. The van der Waals surface area contributed by atoms with Crippen LogP contribution in [-0.4, -0.2) is 21.4 Å². The quantitative estimate of drug-likeness (QED) is 0.230. The molecule has 39 heavy (non-hydrogen) atoms. The molecule has 200 valence electrons. The van der Waals surface area contributed by atoms with Gasteiger partial charge in [0.05, 0.1) is 29.3 Å². The van der Waals surface area contributed by atoms with Crippen LogP contribution in [0, 0.1) is 24.2 Å². The molecule has 3 fully saturated rings. The molecule has 2 unspecified atom stereocenters. The second kappa shape index (κ2) is 9.53. The van der Waals surface area contributed by atoms with E-state index >= 15 is 0 Å². The van der Waals surface area contributed by atoms with Crippen LogP contribution in [0.25, 0.3) is 26.3 Å². The van der Waals surface area contributed by atoms with Gasteiger partial charge in [-0.05, 0) is 74.6 Å². The summed E-state index contributed by atoms with van der Waals surface area (Å²) < 4.78 is 27.5. The fraction of sp³-hybridized carbons (Fsp3) is 0.414. The molecule has 1 N–H and O–H groups in total. The van der Waals surface area contributed by atoms with E-state index in [2.05, 4.69) is 15.0 Å². The number of rotatable bonds is 6. The first-order valence-electron chi connectivity index (χ1n) is 13.1. The molecule has 0 aliphatic heterocycles. The Hall–Kier alpha value is -2.54. The largest absolute Gasteiger partial charge is 0.382 e. The Morgan fingerprint density at radius 2 is 1.87 bits per heavy atom.